The summed E-state index contributed by atoms with van der Waals surface area (Å²) in [6.45, 7) is 1.34. The zero-order valence-electron chi connectivity index (χ0n) is 19.0. The van der Waals surface area contributed by atoms with E-state index < -0.39 is 5.41 Å². The average Bonchev–Trinajstić information content (AvgIpc) is 3.56. The molecule has 3 heterocycles. The van der Waals surface area contributed by atoms with E-state index in [9.17, 15) is 4.79 Å². The van der Waals surface area contributed by atoms with Crippen molar-refractivity contribution >= 4 is 23.2 Å². The van der Waals surface area contributed by atoms with Gasteiger partial charge in [0.2, 0.25) is 5.91 Å². The molecule has 7 rings (SSSR count). The van der Waals surface area contributed by atoms with Gasteiger partial charge in [0.25, 0.3) is 0 Å². The summed E-state index contributed by atoms with van der Waals surface area (Å²) in [6, 6.07) is 28.3. The van der Waals surface area contributed by atoms with Crippen LogP contribution < -0.4 is 14.4 Å². The molecule has 0 radical (unpaired) electrons. The standard InChI is InChI=1S/C30H22ClNO3/c31-25-12-6-11-23-28(25)32(17-21-9-4-5-10-22(21)19-7-2-1-3-8-19)29(33)30(23)18-35-27-16-26-20(13-14-34-26)15-24(27)30/h1-12,15-16H,13-14,17-18H2. The molecule has 0 aromatic heterocycles. The Morgan fingerprint density at radius 3 is 2.57 bits per heavy atom. The van der Waals surface area contributed by atoms with Gasteiger partial charge in [-0.25, -0.2) is 0 Å². The molecule has 172 valence electrons. The van der Waals surface area contributed by atoms with Crippen LogP contribution >= 0.6 is 11.6 Å². The molecule has 1 unspecified atom stereocenters. The summed E-state index contributed by atoms with van der Waals surface area (Å²) in [6.07, 6.45) is 0.837. The Hall–Kier alpha value is -3.76. The van der Waals surface area contributed by atoms with Crippen LogP contribution in [0.4, 0.5) is 5.69 Å². The lowest BCUT2D eigenvalue weighted by Gasteiger charge is -2.24. The smallest absolute Gasteiger partial charge is 0.246 e. The fourth-order valence-electron chi connectivity index (χ4n) is 5.78. The lowest BCUT2D eigenvalue weighted by Crippen LogP contribution is -2.42. The van der Waals surface area contributed by atoms with Gasteiger partial charge in [-0.15, -0.1) is 0 Å². The maximum Gasteiger partial charge on any atom is 0.246 e. The maximum absolute atomic E-state index is 14.4. The summed E-state index contributed by atoms with van der Waals surface area (Å²) in [5, 5.41) is 0.572. The third-order valence-electron chi connectivity index (χ3n) is 7.45. The molecule has 1 spiro atoms. The summed E-state index contributed by atoms with van der Waals surface area (Å²) in [5.74, 6) is 1.57. The second-order valence-electron chi connectivity index (χ2n) is 9.30. The first-order valence-electron chi connectivity index (χ1n) is 11.8. The Bertz CT molecular complexity index is 1500. The van der Waals surface area contributed by atoms with E-state index in [2.05, 4.69) is 30.3 Å². The summed E-state index contributed by atoms with van der Waals surface area (Å²) >= 11 is 6.78. The first kappa shape index (κ1) is 20.6. The fourth-order valence-corrected chi connectivity index (χ4v) is 6.06. The molecule has 0 N–H and O–H groups in total. The van der Waals surface area contributed by atoms with Crippen molar-refractivity contribution in [2.24, 2.45) is 0 Å². The van der Waals surface area contributed by atoms with Crippen LogP contribution in [0.5, 0.6) is 11.5 Å². The average molecular weight is 480 g/mol. The lowest BCUT2D eigenvalue weighted by molar-refractivity contribution is -0.122. The zero-order chi connectivity index (χ0) is 23.6. The molecule has 35 heavy (non-hydrogen) atoms. The molecule has 1 amide bonds. The molecule has 3 aliphatic rings. The van der Waals surface area contributed by atoms with Gasteiger partial charge in [0, 0.05) is 23.6 Å². The van der Waals surface area contributed by atoms with E-state index in [0.29, 0.717) is 18.2 Å². The van der Waals surface area contributed by atoms with E-state index in [4.69, 9.17) is 21.1 Å². The topological polar surface area (TPSA) is 38.8 Å². The highest BCUT2D eigenvalue weighted by molar-refractivity contribution is 6.35. The van der Waals surface area contributed by atoms with Crippen molar-refractivity contribution in [1.82, 2.24) is 0 Å². The number of para-hydroxylation sites is 1. The second-order valence-corrected chi connectivity index (χ2v) is 9.71. The van der Waals surface area contributed by atoms with Crippen LogP contribution in [-0.2, 0) is 23.2 Å². The van der Waals surface area contributed by atoms with E-state index in [1.165, 1.54) is 0 Å². The molecule has 0 fully saturated rings. The summed E-state index contributed by atoms with van der Waals surface area (Å²) in [5.41, 5.74) is 6.10. The van der Waals surface area contributed by atoms with E-state index >= 15 is 0 Å². The molecule has 5 heteroatoms. The van der Waals surface area contributed by atoms with Gasteiger partial charge in [0.15, 0.2) is 0 Å². The van der Waals surface area contributed by atoms with Crippen molar-refractivity contribution in [3.05, 3.63) is 112 Å². The quantitative estimate of drug-likeness (QED) is 0.353. The highest BCUT2D eigenvalue weighted by Gasteiger charge is 2.57. The van der Waals surface area contributed by atoms with Crippen LogP contribution in [-0.4, -0.2) is 19.1 Å². The number of halogens is 1. The zero-order valence-corrected chi connectivity index (χ0v) is 19.7. The largest absolute Gasteiger partial charge is 0.493 e. The van der Waals surface area contributed by atoms with Crippen LogP contribution in [0.2, 0.25) is 5.02 Å². The van der Waals surface area contributed by atoms with Crippen molar-refractivity contribution in [3.63, 3.8) is 0 Å². The van der Waals surface area contributed by atoms with Crippen molar-refractivity contribution in [2.75, 3.05) is 18.1 Å². The number of amides is 1. The van der Waals surface area contributed by atoms with Gasteiger partial charge in [0.1, 0.15) is 23.5 Å². The number of ether oxygens (including phenoxy) is 2. The van der Waals surface area contributed by atoms with E-state index in [0.717, 1.165) is 57.0 Å². The van der Waals surface area contributed by atoms with Crippen LogP contribution in [0.1, 0.15) is 22.3 Å². The van der Waals surface area contributed by atoms with Gasteiger partial charge in [-0.05, 0) is 34.4 Å². The van der Waals surface area contributed by atoms with Crippen LogP contribution in [0.3, 0.4) is 0 Å². The van der Waals surface area contributed by atoms with Crippen LogP contribution in [0.15, 0.2) is 84.9 Å². The Morgan fingerprint density at radius 2 is 1.69 bits per heavy atom. The van der Waals surface area contributed by atoms with Crippen molar-refractivity contribution < 1.29 is 14.3 Å². The number of anilines is 1. The van der Waals surface area contributed by atoms with Crippen molar-refractivity contribution in [2.45, 2.75) is 18.4 Å². The van der Waals surface area contributed by atoms with Gasteiger partial charge in [0.05, 0.1) is 23.9 Å². The Labute approximate surface area is 208 Å². The number of nitrogens with zero attached hydrogens (tertiary/aromatic N) is 1. The first-order valence-corrected chi connectivity index (χ1v) is 12.2. The molecule has 0 saturated carbocycles. The van der Waals surface area contributed by atoms with E-state index in [1.807, 2.05) is 59.5 Å². The normalized spacial score (nSPS) is 19.3. The van der Waals surface area contributed by atoms with E-state index in [1.54, 1.807) is 0 Å². The Kier molecular flexibility index (Phi) is 4.49. The maximum atomic E-state index is 14.4. The molecule has 1 atom stereocenters. The third-order valence-corrected chi connectivity index (χ3v) is 7.76. The molecular weight excluding hydrogens is 458 g/mol. The highest BCUT2D eigenvalue weighted by atomic mass is 35.5. The highest BCUT2D eigenvalue weighted by Crippen LogP contribution is 2.55. The van der Waals surface area contributed by atoms with Gasteiger partial charge < -0.3 is 14.4 Å². The van der Waals surface area contributed by atoms with Crippen molar-refractivity contribution in [1.29, 1.82) is 0 Å². The number of fused-ring (bicyclic) bond motifs is 5. The minimum absolute atomic E-state index is 0.00100. The van der Waals surface area contributed by atoms with Crippen molar-refractivity contribution in [3.8, 4) is 22.6 Å². The summed E-state index contributed by atoms with van der Waals surface area (Å²) in [4.78, 5) is 16.3. The predicted octanol–water partition coefficient (Wildman–Crippen LogP) is 6.17. The minimum atomic E-state index is -0.908. The number of benzene rings is 4. The lowest BCUT2D eigenvalue weighted by atomic mass is 9.76. The van der Waals surface area contributed by atoms with Crippen LogP contribution in [0.25, 0.3) is 11.1 Å². The number of hydrogen-bond acceptors (Lipinski definition) is 3. The van der Waals surface area contributed by atoms with Gasteiger partial charge in [-0.1, -0.05) is 78.3 Å². The fraction of sp³-hybridized carbons (Fsp3) is 0.167. The number of rotatable bonds is 3. The van der Waals surface area contributed by atoms with Crippen LogP contribution in [0, 0.1) is 0 Å². The van der Waals surface area contributed by atoms with Gasteiger partial charge >= 0.3 is 0 Å². The molecule has 0 saturated heterocycles. The van der Waals surface area contributed by atoms with Gasteiger partial charge in [-0.3, -0.25) is 4.79 Å². The van der Waals surface area contributed by atoms with Gasteiger partial charge in [-0.2, -0.15) is 0 Å². The number of carbonyl (C=O) groups is 1. The number of hydrogen-bond donors (Lipinski definition) is 0. The molecular formula is C30H22ClNO3. The van der Waals surface area contributed by atoms with E-state index in [-0.39, 0.29) is 12.5 Å². The Morgan fingerprint density at radius 1 is 0.857 bits per heavy atom. The molecule has 4 aromatic carbocycles. The third kappa shape index (κ3) is 2.90. The number of carbonyl (C=O) groups excluding carboxylic acids is 1. The monoisotopic (exact) mass is 479 g/mol. The molecule has 4 nitrogen and oxygen atoms in total. The minimum Gasteiger partial charge on any atom is -0.493 e. The summed E-state index contributed by atoms with van der Waals surface area (Å²) in [7, 11) is 0. The molecule has 4 aromatic rings. The molecule has 0 aliphatic carbocycles. The molecule has 0 bridgehead atoms. The molecule has 3 aliphatic heterocycles. The predicted molar refractivity (Wildman–Crippen MR) is 136 cm³/mol. The Balaban J connectivity index is 1.38. The SMILES string of the molecule is O=C1N(Cc2ccccc2-c2ccccc2)c2c(Cl)cccc2C12COc1cc3c(cc12)CCO3. The summed E-state index contributed by atoms with van der Waals surface area (Å²) < 4.78 is 11.9. The first-order chi connectivity index (χ1) is 17.2. The second kappa shape index (κ2) is 7.62.